The molecule has 2 aromatic rings. The highest BCUT2D eigenvalue weighted by Crippen LogP contribution is 2.17. The highest BCUT2D eigenvalue weighted by Gasteiger charge is 2.12. The first-order valence-electron chi connectivity index (χ1n) is 5.12. The normalized spacial score (nSPS) is 10.1. The summed E-state index contributed by atoms with van der Waals surface area (Å²) >= 11 is 1.33. The fraction of sp³-hybridized carbons (Fsp3) is 0.0833. The summed E-state index contributed by atoms with van der Waals surface area (Å²) in [4.78, 5) is 27.2. The Kier molecular flexibility index (Phi) is 3.38. The van der Waals surface area contributed by atoms with Crippen molar-refractivity contribution in [2.24, 2.45) is 0 Å². The van der Waals surface area contributed by atoms with Crippen LogP contribution in [0.3, 0.4) is 0 Å². The third-order valence-corrected chi connectivity index (χ3v) is 3.33. The standard InChI is InChI=1S/C12H10N2O3S/c1-7-3-5-18-10(7)11(15)14-9-6-8(12(16)17)2-4-13-9/h2-6H,1H3,(H,16,17)(H,13,14,15). The van der Waals surface area contributed by atoms with Crippen LogP contribution < -0.4 is 5.32 Å². The first-order valence-corrected chi connectivity index (χ1v) is 6.00. The minimum atomic E-state index is -1.06. The van der Waals surface area contributed by atoms with Crippen LogP contribution in [0.25, 0.3) is 0 Å². The monoisotopic (exact) mass is 262 g/mol. The molecule has 6 heteroatoms. The van der Waals surface area contributed by atoms with Crippen LogP contribution in [0.4, 0.5) is 5.82 Å². The molecule has 92 valence electrons. The molecule has 0 bridgehead atoms. The molecule has 0 radical (unpaired) electrons. The molecule has 5 nitrogen and oxygen atoms in total. The number of carbonyl (C=O) groups is 2. The second-order valence-electron chi connectivity index (χ2n) is 3.62. The van der Waals surface area contributed by atoms with Gasteiger partial charge in [-0.2, -0.15) is 0 Å². The van der Waals surface area contributed by atoms with E-state index < -0.39 is 5.97 Å². The maximum absolute atomic E-state index is 11.9. The summed E-state index contributed by atoms with van der Waals surface area (Å²) in [6.45, 7) is 1.84. The maximum Gasteiger partial charge on any atom is 0.335 e. The molecule has 2 aromatic heterocycles. The van der Waals surface area contributed by atoms with Crippen molar-refractivity contribution in [1.82, 2.24) is 4.98 Å². The van der Waals surface area contributed by atoms with Crippen LogP contribution >= 0.6 is 11.3 Å². The van der Waals surface area contributed by atoms with Gasteiger partial charge in [0, 0.05) is 6.20 Å². The van der Waals surface area contributed by atoms with Gasteiger partial charge in [-0.05, 0) is 36.1 Å². The van der Waals surface area contributed by atoms with Crippen molar-refractivity contribution in [2.45, 2.75) is 6.92 Å². The molecule has 0 aliphatic heterocycles. The fourth-order valence-electron chi connectivity index (χ4n) is 1.41. The van der Waals surface area contributed by atoms with Gasteiger partial charge in [0.05, 0.1) is 10.4 Å². The number of amides is 1. The summed E-state index contributed by atoms with van der Waals surface area (Å²) < 4.78 is 0. The van der Waals surface area contributed by atoms with Crippen molar-refractivity contribution in [1.29, 1.82) is 0 Å². The summed E-state index contributed by atoms with van der Waals surface area (Å²) in [6.07, 6.45) is 1.35. The molecule has 0 aliphatic rings. The maximum atomic E-state index is 11.9. The lowest BCUT2D eigenvalue weighted by atomic mass is 10.2. The predicted octanol–water partition coefficient (Wildman–Crippen LogP) is 2.40. The number of nitrogens with one attached hydrogen (secondary N) is 1. The van der Waals surface area contributed by atoms with Crippen LogP contribution in [0, 0.1) is 6.92 Å². The third-order valence-electron chi connectivity index (χ3n) is 2.32. The van der Waals surface area contributed by atoms with E-state index in [1.54, 1.807) is 0 Å². The van der Waals surface area contributed by atoms with Gasteiger partial charge in [-0.1, -0.05) is 0 Å². The van der Waals surface area contributed by atoms with Gasteiger partial charge < -0.3 is 10.4 Å². The van der Waals surface area contributed by atoms with Crippen molar-refractivity contribution >= 4 is 29.0 Å². The Balaban J connectivity index is 2.20. The van der Waals surface area contributed by atoms with E-state index in [-0.39, 0.29) is 17.3 Å². The Hall–Kier alpha value is -2.21. The Bertz CT molecular complexity index is 607. The van der Waals surface area contributed by atoms with Crippen LogP contribution in [0.2, 0.25) is 0 Å². The van der Waals surface area contributed by atoms with E-state index in [9.17, 15) is 9.59 Å². The quantitative estimate of drug-likeness (QED) is 0.890. The van der Waals surface area contributed by atoms with E-state index in [4.69, 9.17) is 5.11 Å². The smallest absolute Gasteiger partial charge is 0.335 e. The molecule has 0 saturated carbocycles. The number of aromatic carboxylic acids is 1. The summed E-state index contributed by atoms with van der Waals surface area (Å²) in [5.41, 5.74) is 0.968. The lowest BCUT2D eigenvalue weighted by Crippen LogP contribution is -2.13. The summed E-state index contributed by atoms with van der Waals surface area (Å²) in [5.74, 6) is -1.11. The second-order valence-corrected chi connectivity index (χ2v) is 4.54. The highest BCUT2D eigenvalue weighted by atomic mass is 32.1. The first kappa shape index (κ1) is 12.3. The summed E-state index contributed by atoms with van der Waals surface area (Å²) in [7, 11) is 0. The third kappa shape index (κ3) is 2.54. The molecule has 2 rings (SSSR count). The molecule has 1 amide bonds. The van der Waals surface area contributed by atoms with Gasteiger partial charge in [0.2, 0.25) is 0 Å². The van der Waals surface area contributed by atoms with E-state index in [1.807, 2.05) is 18.4 Å². The SMILES string of the molecule is Cc1ccsc1C(=O)Nc1cc(C(=O)O)ccn1. The lowest BCUT2D eigenvalue weighted by Gasteiger charge is -2.04. The molecule has 2 N–H and O–H groups in total. The molecule has 0 atom stereocenters. The molecular formula is C12H10N2O3S. The van der Waals surface area contributed by atoms with Gasteiger partial charge in [0.1, 0.15) is 5.82 Å². The number of aromatic nitrogens is 1. The van der Waals surface area contributed by atoms with E-state index >= 15 is 0 Å². The van der Waals surface area contributed by atoms with Crippen molar-refractivity contribution < 1.29 is 14.7 Å². The van der Waals surface area contributed by atoms with Crippen LogP contribution in [-0.4, -0.2) is 22.0 Å². The number of carboxylic acid groups (broad SMARTS) is 1. The molecule has 0 aliphatic carbocycles. The van der Waals surface area contributed by atoms with Crippen molar-refractivity contribution in [3.05, 3.63) is 45.8 Å². The van der Waals surface area contributed by atoms with Gasteiger partial charge in [0.25, 0.3) is 5.91 Å². The fourth-order valence-corrected chi connectivity index (χ4v) is 2.23. The number of rotatable bonds is 3. The molecule has 0 spiro atoms. The largest absolute Gasteiger partial charge is 0.478 e. The molecule has 18 heavy (non-hydrogen) atoms. The number of pyridine rings is 1. The number of hydrogen-bond donors (Lipinski definition) is 2. The van der Waals surface area contributed by atoms with Crippen LogP contribution in [-0.2, 0) is 0 Å². The Morgan fingerprint density at radius 1 is 1.39 bits per heavy atom. The second kappa shape index (κ2) is 4.97. The Morgan fingerprint density at radius 3 is 2.78 bits per heavy atom. The van der Waals surface area contributed by atoms with E-state index in [1.165, 1.54) is 29.7 Å². The molecule has 0 unspecified atom stereocenters. The van der Waals surface area contributed by atoms with Gasteiger partial charge >= 0.3 is 5.97 Å². The van der Waals surface area contributed by atoms with Crippen molar-refractivity contribution in [3.63, 3.8) is 0 Å². The zero-order valence-corrected chi connectivity index (χ0v) is 10.3. The number of hydrogen-bond acceptors (Lipinski definition) is 4. The number of carbonyl (C=O) groups excluding carboxylic acids is 1. The molecular weight excluding hydrogens is 252 g/mol. The van der Waals surface area contributed by atoms with Crippen LogP contribution in [0.15, 0.2) is 29.8 Å². The Labute approximate surface area is 107 Å². The molecule has 0 saturated heterocycles. The van der Waals surface area contributed by atoms with Crippen LogP contribution in [0.1, 0.15) is 25.6 Å². The number of thiophene rings is 1. The molecule has 0 aromatic carbocycles. The average Bonchev–Trinajstić information content (AvgIpc) is 2.76. The zero-order chi connectivity index (χ0) is 13.1. The number of anilines is 1. The number of aryl methyl sites for hydroxylation is 1. The van der Waals surface area contributed by atoms with Crippen molar-refractivity contribution in [2.75, 3.05) is 5.32 Å². The number of carboxylic acids is 1. The topological polar surface area (TPSA) is 79.3 Å². The van der Waals surface area contributed by atoms with Gasteiger partial charge in [-0.3, -0.25) is 4.79 Å². The van der Waals surface area contributed by atoms with Crippen LogP contribution in [0.5, 0.6) is 0 Å². The van der Waals surface area contributed by atoms with E-state index in [0.717, 1.165) is 5.56 Å². The first-order chi connectivity index (χ1) is 8.58. The van der Waals surface area contributed by atoms with Crippen molar-refractivity contribution in [3.8, 4) is 0 Å². The summed E-state index contributed by atoms with van der Waals surface area (Å²) in [6, 6.07) is 4.54. The van der Waals surface area contributed by atoms with E-state index in [0.29, 0.717) is 4.88 Å². The van der Waals surface area contributed by atoms with E-state index in [2.05, 4.69) is 10.3 Å². The Morgan fingerprint density at radius 2 is 2.17 bits per heavy atom. The zero-order valence-electron chi connectivity index (χ0n) is 9.51. The highest BCUT2D eigenvalue weighted by molar-refractivity contribution is 7.12. The predicted molar refractivity (Wildman–Crippen MR) is 68.2 cm³/mol. The minimum absolute atomic E-state index is 0.0863. The van der Waals surface area contributed by atoms with Gasteiger partial charge in [0.15, 0.2) is 0 Å². The van der Waals surface area contributed by atoms with Gasteiger partial charge in [-0.25, -0.2) is 9.78 Å². The molecule has 2 heterocycles. The average molecular weight is 262 g/mol. The number of nitrogens with zero attached hydrogens (tertiary/aromatic N) is 1. The summed E-state index contributed by atoms with van der Waals surface area (Å²) in [5, 5.41) is 13.2. The minimum Gasteiger partial charge on any atom is -0.478 e. The van der Waals surface area contributed by atoms with Gasteiger partial charge in [-0.15, -0.1) is 11.3 Å². The molecule has 0 fully saturated rings. The lowest BCUT2D eigenvalue weighted by molar-refractivity contribution is 0.0696.